The van der Waals surface area contributed by atoms with Crippen LogP contribution in [-0.2, 0) is 0 Å². The third kappa shape index (κ3) is 1.66. The van der Waals surface area contributed by atoms with Gasteiger partial charge in [-0.3, -0.25) is 10.8 Å². The SMILES string of the molecule is NNC(c1ccncc1)c1ccoc1. The van der Waals surface area contributed by atoms with E-state index in [2.05, 4.69) is 10.4 Å². The first kappa shape index (κ1) is 8.93. The van der Waals surface area contributed by atoms with E-state index in [9.17, 15) is 0 Å². The van der Waals surface area contributed by atoms with Crippen LogP contribution in [0.15, 0.2) is 47.5 Å². The summed E-state index contributed by atoms with van der Waals surface area (Å²) in [6.07, 6.45) is 6.77. The molecule has 2 aromatic rings. The molecule has 4 nitrogen and oxygen atoms in total. The zero-order valence-electron chi connectivity index (χ0n) is 7.55. The Morgan fingerprint density at radius 1 is 1.21 bits per heavy atom. The molecule has 0 spiro atoms. The number of rotatable bonds is 3. The molecule has 4 heteroatoms. The van der Waals surface area contributed by atoms with Gasteiger partial charge in [0.05, 0.1) is 18.6 Å². The molecule has 3 N–H and O–H groups in total. The molecule has 0 fully saturated rings. The molecule has 0 saturated carbocycles. The molecule has 0 aliphatic heterocycles. The van der Waals surface area contributed by atoms with E-state index >= 15 is 0 Å². The molecule has 0 radical (unpaired) electrons. The van der Waals surface area contributed by atoms with Gasteiger partial charge in [-0.2, -0.15) is 0 Å². The molecular formula is C10H11N3O. The van der Waals surface area contributed by atoms with Crippen molar-refractivity contribution in [2.75, 3.05) is 0 Å². The lowest BCUT2D eigenvalue weighted by molar-refractivity contribution is 0.553. The van der Waals surface area contributed by atoms with E-state index in [0.717, 1.165) is 11.1 Å². The molecule has 0 saturated heterocycles. The minimum Gasteiger partial charge on any atom is -0.472 e. The highest BCUT2D eigenvalue weighted by Crippen LogP contribution is 2.20. The van der Waals surface area contributed by atoms with Gasteiger partial charge in [-0.25, -0.2) is 5.43 Å². The molecule has 1 atom stereocenters. The summed E-state index contributed by atoms with van der Waals surface area (Å²) in [5.41, 5.74) is 4.79. The Morgan fingerprint density at radius 3 is 2.57 bits per heavy atom. The largest absolute Gasteiger partial charge is 0.472 e. The van der Waals surface area contributed by atoms with Gasteiger partial charge in [-0.1, -0.05) is 0 Å². The maximum atomic E-state index is 5.48. The van der Waals surface area contributed by atoms with Gasteiger partial charge < -0.3 is 4.42 Å². The van der Waals surface area contributed by atoms with Gasteiger partial charge in [-0.15, -0.1) is 0 Å². The molecule has 0 amide bonds. The number of aromatic nitrogens is 1. The van der Waals surface area contributed by atoms with Crippen LogP contribution < -0.4 is 11.3 Å². The number of nitrogens with two attached hydrogens (primary N) is 1. The van der Waals surface area contributed by atoms with Crippen molar-refractivity contribution in [1.29, 1.82) is 0 Å². The van der Waals surface area contributed by atoms with Crippen LogP contribution in [0, 0.1) is 0 Å². The van der Waals surface area contributed by atoms with Gasteiger partial charge in [0.25, 0.3) is 0 Å². The third-order valence-electron chi connectivity index (χ3n) is 2.08. The van der Waals surface area contributed by atoms with Gasteiger partial charge in [-0.05, 0) is 23.8 Å². The van der Waals surface area contributed by atoms with Gasteiger partial charge in [0, 0.05) is 18.0 Å². The van der Waals surface area contributed by atoms with Crippen molar-refractivity contribution < 1.29 is 4.42 Å². The second kappa shape index (κ2) is 4.04. The Balaban J connectivity index is 2.31. The monoisotopic (exact) mass is 189 g/mol. The maximum absolute atomic E-state index is 5.48. The van der Waals surface area contributed by atoms with E-state index in [-0.39, 0.29) is 6.04 Å². The first-order valence-corrected chi connectivity index (χ1v) is 4.30. The van der Waals surface area contributed by atoms with Crippen molar-refractivity contribution in [3.05, 3.63) is 54.2 Å². The van der Waals surface area contributed by atoms with Crippen molar-refractivity contribution in [3.63, 3.8) is 0 Å². The molecule has 0 bridgehead atoms. The fourth-order valence-electron chi connectivity index (χ4n) is 1.38. The smallest absolute Gasteiger partial charge is 0.0954 e. The Bertz CT molecular complexity index is 372. The minimum absolute atomic E-state index is 0.0447. The highest BCUT2D eigenvalue weighted by atomic mass is 16.3. The van der Waals surface area contributed by atoms with Gasteiger partial charge in [0.15, 0.2) is 0 Å². The number of hydrazine groups is 1. The summed E-state index contributed by atoms with van der Waals surface area (Å²) in [7, 11) is 0. The van der Waals surface area contributed by atoms with E-state index in [1.165, 1.54) is 0 Å². The lowest BCUT2D eigenvalue weighted by Gasteiger charge is -2.13. The molecule has 14 heavy (non-hydrogen) atoms. The normalized spacial score (nSPS) is 12.6. The summed E-state index contributed by atoms with van der Waals surface area (Å²) in [5.74, 6) is 5.48. The second-order valence-electron chi connectivity index (χ2n) is 2.94. The molecule has 2 aromatic heterocycles. The van der Waals surface area contributed by atoms with Crippen LogP contribution in [0.3, 0.4) is 0 Å². The van der Waals surface area contributed by atoms with E-state index in [0.29, 0.717) is 0 Å². The van der Waals surface area contributed by atoms with Crippen molar-refractivity contribution in [1.82, 2.24) is 10.4 Å². The molecule has 0 aliphatic carbocycles. The van der Waals surface area contributed by atoms with Gasteiger partial charge >= 0.3 is 0 Å². The highest BCUT2D eigenvalue weighted by molar-refractivity contribution is 5.27. The Morgan fingerprint density at radius 2 is 2.00 bits per heavy atom. The molecule has 2 heterocycles. The fourth-order valence-corrected chi connectivity index (χ4v) is 1.38. The highest BCUT2D eigenvalue weighted by Gasteiger charge is 2.12. The number of hydrogen-bond donors (Lipinski definition) is 2. The van der Waals surface area contributed by atoms with Crippen molar-refractivity contribution >= 4 is 0 Å². The summed E-state index contributed by atoms with van der Waals surface area (Å²) in [6, 6.07) is 5.66. The Labute approximate surface area is 81.7 Å². The zero-order chi connectivity index (χ0) is 9.80. The minimum atomic E-state index is -0.0447. The van der Waals surface area contributed by atoms with Crippen LogP contribution in [0.25, 0.3) is 0 Å². The molecule has 0 aromatic carbocycles. The molecule has 1 unspecified atom stereocenters. The first-order valence-electron chi connectivity index (χ1n) is 4.30. The standard InChI is InChI=1S/C10H11N3O/c11-13-10(9-3-6-14-7-9)8-1-4-12-5-2-8/h1-7,10,13H,11H2. The van der Waals surface area contributed by atoms with E-state index in [4.69, 9.17) is 10.3 Å². The summed E-state index contributed by atoms with van der Waals surface area (Å²) < 4.78 is 5.01. The van der Waals surface area contributed by atoms with Crippen molar-refractivity contribution in [3.8, 4) is 0 Å². The first-order chi connectivity index (χ1) is 6.92. The van der Waals surface area contributed by atoms with E-state index < -0.39 is 0 Å². The van der Waals surface area contributed by atoms with Crippen LogP contribution in [0.4, 0.5) is 0 Å². The molecule has 72 valence electrons. The van der Waals surface area contributed by atoms with Crippen LogP contribution in [-0.4, -0.2) is 4.98 Å². The molecular weight excluding hydrogens is 178 g/mol. The van der Waals surface area contributed by atoms with E-state index in [1.807, 2.05) is 18.2 Å². The van der Waals surface area contributed by atoms with Crippen molar-refractivity contribution in [2.45, 2.75) is 6.04 Å². The Kier molecular flexibility index (Phi) is 2.58. The molecule has 2 rings (SSSR count). The third-order valence-corrected chi connectivity index (χ3v) is 2.08. The summed E-state index contributed by atoms with van der Waals surface area (Å²) in [5, 5.41) is 0. The number of hydrogen-bond acceptors (Lipinski definition) is 4. The lowest BCUT2D eigenvalue weighted by Crippen LogP contribution is -2.28. The predicted octanol–water partition coefficient (Wildman–Crippen LogP) is 1.23. The molecule has 0 aliphatic rings. The fraction of sp³-hybridized carbons (Fsp3) is 0.100. The van der Waals surface area contributed by atoms with Crippen LogP contribution in [0.5, 0.6) is 0 Å². The van der Waals surface area contributed by atoms with E-state index in [1.54, 1.807) is 24.9 Å². The number of pyridine rings is 1. The number of nitrogens with one attached hydrogen (secondary N) is 1. The van der Waals surface area contributed by atoms with Gasteiger partial charge in [0.1, 0.15) is 0 Å². The zero-order valence-corrected chi connectivity index (χ0v) is 7.55. The summed E-state index contributed by atoms with van der Waals surface area (Å²) >= 11 is 0. The van der Waals surface area contributed by atoms with Crippen molar-refractivity contribution in [2.24, 2.45) is 5.84 Å². The summed E-state index contributed by atoms with van der Waals surface area (Å²) in [4.78, 5) is 3.95. The topological polar surface area (TPSA) is 64.1 Å². The average molecular weight is 189 g/mol. The van der Waals surface area contributed by atoms with Crippen LogP contribution in [0.1, 0.15) is 17.2 Å². The number of nitrogens with zero attached hydrogens (tertiary/aromatic N) is 1. The Hall–Kier alpha value is -1.65. The number of furan rings is 1. The van der Waals surface area contributed by atoms with Gasteiger partial charge in [0.2, 0.25) is 0 Å². The van der Waals surface area contributed by atoms with Crippen LogP contribution in [0.2, 0.25) is 0 Å². The lowest BCUT2D eigenvalue weighted by atomic mass is 10.0. The predicted molar refractivity (Wildman–Crippen MR) is 52.1 cm³/mol. The quantitative estimate of drug-likeness (QED) is 0.563. The van der Waals surface area contributed by atoms with Crippen LogP contribution >= 0.6 is 0 Å². The summed E-state index contributed by atoms with van der Waals surface area (Å²) in [6.45, 7) is 0. The maximum Gasteiger partial charge on any atom is 0.0954 e. The second-order valence-corrected chi connectivity index (χ2v) is 2.94. The average Bonchev–Trinajstić information content (AvgIpc) is 2.74.